The van der Waals surface area contributed by atoms with Crippen LogP contribution < -0.4 is 14.2 Å². The van der Waals surface area contributed by atoms with Crippen LogP contribution >= 0.6 is 11.6 Å². The highest BCUT2D eigenvalue weighted by atomic mass is 35.5. The number of rotatable bonds is 8. The molecule has 26 heavy (non-hydrogen) atoms. The molecule has 0 aliphatic rings. The van der Waals surface area contributed by atoms with Gasteiger partial charge in [0.25, 0.3) is 0 Å². The first-order chi connectivity index (χ1) is 12.3. The fourth-order valence-electron chi connectivity index (χ4n) is 2.57. The van der Waals surface area contributed by atoms with Crippen LogP contribution in [-0.2, 0) is 10.0 Å². The van der Waals surface area contributed by atoms with Crippen molar-refractivity contribution in [1.29, 1.82) is 0 Å². The Morgan fingerprint density at radius 2 is 1.85 bits per heavy atom. The Morgan fingerprint density at radius 1 is 1.15 bits per heavy atom. The van der Waals surface area contributed by atoms with E-state index in [0.717, 1.165) is 5.56 Å². The van der Waals surface area contributed by atoms with E-state index in [4.69, 9.17) is 21.1 Å². The average Bonchev–Trinajstić information content (AvgIpc) is 2.59. The summed E-state index contributed by atoms with van der Waals surface area (Å²) >= 11 is 6.01. The summed E-state index contributed by atoms with van der Waals surface area (Å²) in [4.78, 5) is 0.250. The zero-order chi connectivity index (χ0) is 19.3. The van der Waals surface area contributed by atoms with Crippen molar-refractivity contribution < 1.29 is 17.9 Å². The van der Waals surface area contributed by atoms with E-state index in [0.29, 0.717) is 22.1 Å². The van der Waals surface area contributed by atoms with Crippen molar-refractivity contribution in [1.82, 2.24) is 4.72 Å². The van der Waals surface area contributed by atoms with Gasteiger partial charge in [0.2, 0.25) is 10.0 Å². The maximum atomic E-state index is 12.7. The average molecular weight is 398 g/mol. The van der Waals surface area contributed by atoms with Gasteiger partial charge in [0.05, 0.1) is 17.0 Å². The second-order valence-corrected chi connectivity index (χ2v) is 8.33. The predicted molar refractivity (Wildman–Crippen MR) is 104 cm³/mol. The van der Waals surface area contributed by atoms with Crippen molar-refractivity contribution >= 4 is 21.6 Å². The monoisotopic (exact) mass is 397 g/mol. The molecule has 0 saturated heterocycles. The summed E-state index contributed by atoms with van der Waals surface area (Å²) in [5.74, 6) is 1.36. The first kappa shape index (κ1) is 20.6. The van der Waals surface area contributed by atoms with E-state index in [1.165, 1.54) is 0 Å². The Hall–Kier alpha value is -1.76. The minimum Gasteiger partial charge on any atom is -0.496 e. The lowest BCUT2D eigenvalue weighted by Gasteiger charge is -2.16. The van der Waals surface area contributed by atoms with Crippen molar-refractivity contribution in [3.05, 3.63) is 52.5 Å². The van der Waals surface area contributed by atoms with Gasteiger partial charge in [-0.05, 0) is 48.2 Å². The number of halogens is 1. The fourth-order valence-corrected chi connectivity index (χ4v) is 4.03. The van der Waals surface area contributed by atoms with Crippen LogP contribution in [-0.4, -0.2) is 28.7 Å². The van der Waals surface area contributed by atoms with Gasteiger partial charge in [0.1, 0.15) is 18.1 Å². The Kier molecular flexibility index (Phi) is 6.92. The van der Waals surface area contributed by atoms with Gasteiger partial charge in [-0.3, -0.25) is 0 Å². The number of sulfonamides is 1. The molecular weight excluding hydrogens is 374 g/mol. The summed E-state index contributed by atoms with van der Waals surface area (Å²) in [5.41, 5.74) is 1.48. The van der Waals surface area contributed by atoms with Gasteiger partial charge in [-0.1, -0.05) is 37.6 Å². The van der Waals surface area contributed by atoms with Gasteiger partial charge in [-0.15, -0.1) is 0 Å². The number of hydrogen-bond acceptors (Lipinski definition) is 4. The van der Waals surface area contributed by atoms with Crippen molar-refractivity contribution in [2.75, 3.05) is 20.3 Å². The number of ether oxygens (including phenoxy) is 2. The highest BCUT2D eigenvalue weighted by Gasteiger charge is 2.20. The molecule has 0 amide bonds. The molecular formula is C19H24ClNO4S. The van der Waals surface area contributed by atoms with E-state index >= 15 is 0 Å². The van der Waals surface area contributed by atoms with Crippen molar-refractivity contribution in [2.24, 2.45) is 0 Å². The van der Waals surface area contributed by atoms with Crippen LogP contribution in [0.1, 0.15) is 30.9 Å². The Balaban J connectivity index is 2.10. The molecule has 0 saturated carbocycles. The van der Waals surface area contributed by atoms with Crippen molar-refractivity contribution in [3.8, 4) is 11.5 Å². The topological polar surface area (TPSA) is 64.6 Å². The van der Waals surface area contributed by atoms with Crippen LogP contribution in [0.5, 0.6) is 11.5 Å². The molecule has 5 nitrogen and oxygen atoms in total. The number of para-hydroxylation sites is 1. The predicted octanol–water partition coefficient (Wildman–Crippen LogP) is 4.14. The molecule has 0 atom stereocenters. The lowest BCUT2D eigenvalue weighted by Crippen LogP contribution is -2.29. The fraction of sp³-hybridized carbons (Fsp3) is 0.368. The van der Waals surface area contributed by atoms with Crippen LogP contribution in [0.2, 0.25) is 5.02 Å². The van der Waals surface area contributed by atoms with Gasteiger partial charge >= 0.3 is 0 Å². The summed E-state index contributed by atoms with van der Waals surface area (Å²) in [6.07, 6.45) is 0. The van der Waals surface area contributed by atoms with E-state index in [9.17, 15) is 8.42 Å². The minimum atomic E-state index is -3.66. The number of methoxy groups -OCH3 is 1. The van der Waals surface area contributed by atoms with Gasteiger partial charge < -0.3 is 9.47 Å². The minimum absolute atomic E-state index is 0.135. The van der Waals surface area contributed by atoms with Crippen LogP contribution in [0.25, 0.3) is 0 Å². The SMILES string of the molecule is COc1cc(C)c(S(=O)(=O)NCCOc2ccccc2Cl)cc1C(C)C. The van der Waals surface area contributed by atoms with E-state index in [1.807, 2.05) is 13.8 Å². The van der Waals surface area contributed by atoms with Crippen molar-refractivity contribution in [2.45, 2.75) is 31.6 Å². The van der Waals surface area contributed by atoms with Gasteiger partial charge in [0.15, 0.2) is 0 Å². The molecule has 142 valence electrons. The summed E-state index contributed by atoms with van der Waals surface area (Å²) in [6, 6.07) is 10.5. The maximum absolute atomic E-state index is 12.7. The largest absolute Gasteiger partial charge is 0.496 e. The third-order valence-electron chi connectivity index (χ3n) is 3.93. The highest BCUT2D eigenvalue weighted by molar-refractivity contribution is 7.89. The molecule has 0 fully saturated rings. The molecule has 2 aromatic carbocycles. The Labute approximate surface area is 160 Å². The summed E-state index contributed by atoms with van der Waals surface area (Å²) in [5, 5.41) is 0.489. The van der Waals surface area contributed by atoms with Crippen LogP contribution in [0.15, 0.2) is 41.3 Å². The molecule has 0 aromatic heterocycles. The zero-order valence-electron chi connectivity index (χ0n) is 15.4. The number of aryl methyl sites for hydroxylation is 1. The maximum Gasteiger partial charge on any atom is 0.240 e. The molecule has 0 heterocycles. The molecule has 2 aromatic rings. The van der Waals surface area contributed by atoms with Gasteiger partial charge in [-0.2, -0.15) is 0 Å². The smallest absolute Gasteiger partial charge is 0.240 e. The normalized spacial score (nSPS) is 11.6. The van der Waals surface area contributed by atoms with Crippen LogP contribution in [0, 0.1) is 6.92 Å². The van der Waals surface area contributed by atoms with E-state index in [2.05, 4.69) is 4.72 Å². The molecule has 1 N–H and O–H groups in total. The van der Waals surface area contributed by atoms with Crippen LogP contribution in [0.4, 0.5) is 0 Å². The second kappa shape index (κ2) is 8.75. The second-order valence-electron chi connectivity index (χ2n) is 6.19. The standard InChI is InChI=1S/C19H24ClNO4S/c1-13(2)15-12-19(14(3)11-18(15)24-4)26(22,23)21-9-10-25-17-8-6-5-7-16(17)20/h5-8,11-13,21H,9-10H2,1-4H3. The van der Waals surface area contributed by atoms with E-state index in [-0.39, 0.29) is 24.0 Å². The van der Waals surface area contributed by atoms with Crippen molar-refractivity contribution in [3.63, 3.8) is 0 Å². The van der Waals surface area contributed by atoms with E-state index in [1.54, 1.807) is 50.4 Å². The summed E-state index contributed by atoms with van der Waals surface area (Å²) < 4.78 is 38.8. The molecule has 0 aliphatic heterocycles. The Morgan fingerprint density at radius 3 is 2.46 bits per heavy atom. The summed E-state index contributed by atoms with van der Waals surface area (Å²) in [7, 11) is -2.07. The number of benzene rings is 2. The molecule has 7 heteroatoms. The van der Waals surface area contributed by atoms with Gasteiger partial charge in [-0.25, -0.2) is 13.1 Å². The molecule has 0 aliphatic carbocycles. The summed E-state index contributed by atoms with van der Waals surface area (Å²) in [6.45, 7) is 6.05. The highest BCUT2D eigenvalue weighted by Crippen LogP contribution is 2.31. The molecule has 0 unspecified atom stereocenters. The first-order valence-corrected chi connectivity index (χ1v) is 10.2. The number of hydrogen-bond donors (Lipinski definition) is 1. The third-order valence-corrected chi connectivity index (χ3v) is 5.84. The van der Waals surface area contributed by atoms with Gasteiger partial charge in [0, 0.05) is 6.54 Å². The molecule has 0 spiro atoms. The zero-order valence-corrected chi connectivity index (χ0v) is 16.9. The third kappa shape index (κ3) is 4.90. The molecule has 0 bridgehead atoms. The molecule has 2 rings (SSSR count). The van der Waals surface area contributed by atoms with E-state index < -0.39 is 10.0 Å². The lowest BCUT2D eigenvalue weighted by molar-refractivity contribution is 0.323. The van der Waals surface area contributed by atoms with Crippen LogP contribution in [0.3, 0.4) is 0 Å². The Bertz CT molecular complexity index is 866. The quantitative estimate of drug-likeness (QED) is 0.680. The number of nitrogens with one attached hydrogen (secondary N) is 1. The molecule has 0 radical (unpaired) electrons. The first-order valence-electron chi connectivity index (χ1n) is 8.31. The lowest BCUT2D eigenvalue weighted by atomic mass is 10.0.